The number of rotatable bonds is 1. The Hall–Kier alpha value is -2.01. The summed E-state index contributed by atoms with van der Waals surface area (Å²) in [6.45, 7) is 1.04. The monoisotopic (exact) mass is 208 g/mol. The quantitative estimate of drug-likeness (QED) is 0.708. The highest BCUT2D eigenvalue weighted by Crippen LogP contribution is 2.30. The first kappa shape index (κ1) is 9.23. The Balaban J connectivity index is 2.20. The molecule has 0 N–H and O–H groups in total. The largest absolute Gasteiger partial charge is 0.343 e. The van der Waals surface area contributed by atoms with Crippen molar-refractivity contribution >= 4 is 0 Å². The molecular weight excluding hydrogens is 196 g/mol. The summed E-state index contributed by atoms with van der Waals surface area (Å²) in [4.78, 5) is 0. The first-order valence-electron chi connectivity index (χ1n) is 5.58. The zero-order valence-corrected chi connectivity index (χ0v) is 8.98. The minimum absolute atomic E-state index is 0.844. The highest BCUT2D eigenvalue weighted by molar-refractivity contribution is 5.64. The molecule has 78 valence electrons. The second-order valence-corrected chi connectivity index (χ2v) is 4.12. The van der Waals surface area contributed by atoms with E-state index in [9.17, 15) is 0 Å². The van der Waals surface area contributed by atoms with E-state index in [4.69, 9.17) is 5.26 Å². The van der Waals surface area contributed by atoms with E-state index in [0.29, 0.717) is 0 Å². The van der Waals surface area contributed by atoms with Gasteiger partial charge in [0.05, 0.1) is 5.56 Å². The SMILES string of the molecule is N#Cc1cc(-c2ccccc2)n2c1CCC2. The van der Waals surface area contributed by atoms with Crippen LogP contribution in [0.5, 0.6) is 0 Å². The van der Waals surface area contributed by atoms with Gasteiger partial charge in [-0.05, 0) is 24.5 Å². The Bertz CT molecular complexity index is 558. The van der Waals surface area contributed by atoms with Crippen LogP contribution in [-0.4, -0.2) is 4.57 Å². The van der Waals surface area contributed by atoms with E-state index in [1.807, 2.05) is 24.3 Å². The molecule has 0 atom stereocenters. The van der Waals surface area contributed by atoms with Crippen LogP contribution in [0.4, 0.5) is 0 Å². The smallest absolute Gasteiger partial charge is 0.101 e. The maximum Gasteiger partial charge on any atom is 0.101 e. The molecule has 1 aliphatic rings. The van der Waals surface area contributed by atoms with E-state index < -0.39 is 0 Å². The third-order valence-corrected chi connectivity index (χ3v) is 3.19. The average Bonchev–Trinajstić information content (AvgIpc) is 2.91. The van der Waals surface area contributed by atoms with Gasteiger partial charge in [-0.3, -0.25) is 0 Å². The van der Waals surface area contributed by atoms with E-state index in [2.05, 4.69) is 22.8 Å². The number of nitriles is 1. The molecule has 0 unspecified atom stereocenters. The molecule has 0 bridgehead atoms. The summed E-state index contributed by atoms with van der Waals surface area (Å²) in [5.41, 5.74) is 4.44. The number of hydrogen-bond donors (Lipinski definition) is 0. The van der Waals surface area contributed by atoms with Crippen molar-refractivity contribution in [2.75, 3.05) is 0 Å². The zero-order chi connectivity index (χ0) is 11.0. The molecule has 0 radical (unpaired) electrons. The summed E-state index contributed by atoms with van der Waals surface area (Å²) < 4.78 is 2.29. The summed E-state index contributed by atoms with van der Waals surface area (Å²) in [7, 11) is 0. The van der Waals surface area contributed by atoms with Gasteiger partial charge in [0.2, 0.25) is 0 Å². The van der Waals surface area contributed by atoms with E-state index in [0.717, 1.165) is 24.9 Å². The summed E-state index contributed by atoms with van der Waals surface area (Å²) in [6.07, 6.45) is 2.19. The predicted molar refractivity (Wildman–Crippen MR) is 62.9 cm³/mol. The predicted octanol–water partition coefficient (Wildman–Crippen LogP) is 2.97. The van der Waals surface area contributed by atoms with Gasteiger partial charge in [-0.1, -0.05) is 30.3 Å². The van der Waals surface area contributed by atoms with Crippen LogP contribution in [-0.2, 0) is 13.0 Å². The van der Waals surface area contributed by atoms with Gasteiger partial charge in [-0.2, -0.15) is 5.26 Å². The van der Waals surface area contributed by atoms with Gasteiger partial charge >= 0.3 is 0 Å². The molecule has 16 heavy (non-hydrogen) atoms. The molecule has 0 amide bonds. The maximum absolute atomic E-state index is 9.10. The molecular formula is C14H12N2. The van der Waals surface area contributed by atoms with E-state index >= 15 is 0 Å². The fraction of sp³-hybridized carbons (Fsp3) is 0.214. The lowest BCUT2D eigenvalue weighted by Crippen LogP contribution is -1.94. The molecule has 2 heterocycles. The Morgan fingerprint density at radius 3 is 2.75 bits per heavy atom. The zero-order valence-electron chi connectivity index (χ0n) is 8.98. The number of benzene rings is 1. The lowest BCUT2D eigenvalue weighted by molar-refractivity contribution is 0.756. The number of hydrogen-bond acceptors (Lipinski definition) is 1. The Morgan fingerprint density at radius 1 is 1.19 bits per heavy atom. The van der Waals surface area contributed by atoms with Crippen molar-refractivity contribution in [1.82, 2.24) is 4.57 Å². The molecule has 0 spiro atoms. The van der Waals surface area contributed by atoms with Gasteiger partial charge in [0.1, 0.15) is 6.07 Å². The number of nitrogens with zero attached hydrogens (tertiary/aromatic N) is 2. The van der Waals surface area contributed by atoms with Crippen molar-refractivity contribution in [3.8, 4) is 17.3 Å². The van der Waals surface area contributed by atoms with Crippen LogP contribution >= 0.6 is 0 Å². The molecule has 0 saturated carbocycles. The minimum atomic E-state index is 0.844. The van der Waals surface area contributed by atoms with E-state index in [1.165, 1.54) is 17.0 Å². The number of aromatic nitrogens is 1. The topological polar surface area (TPSA) is 28.7 Å². The van der Waals surface area contributed by atoms with Crippen LogP contribution in [0.3, 0.4) is 0 Å². The summed E-state index contributed by atoms with van der Waals surface area (Å²) in [5.74, 6) is 0. The number of fused-ring (bicyclic) bond motifs is 1. The summed E-state index contributed by atoms with van der Waals surface area (Å²) in [5, 5.41) is 9.10. The van der Waals surface area contributed by atoms with Crippen molar-refractivity contribution in [1.29, 1.82) is 5.26 Å². The van der Waals surface area contributed by atoms with Crippen molar-refractivity contribution in [3.63, 3.8) is 0 Å². The van der Waals surface area contributed by atoms with Crippen molar-refractivity contribution in [2.24, 2.45) is 0 Å². The van der Waals surface area contributed by atoms with Crippen LogP contribution in [0.15, 0.2) is 36.4 Å². The third-order valence-electron chi connectivity index (χ3n) is 3.19. The molecule has 0 aliphatic carbocycles. The van der Waals surface area contributed by atoms with Gasteiger partial charge in [-0.25, -0.2) is 0 Å². The van der Waals surface area contributed by atoms with Gasteiger partial charge in [0.25, 0.3) is 0 Å². The van der Waals surface area contributed by atoms with Crippen LogP contribution in [0.25, 0.3) is 11.3 Å². The molecule has 0 saturated heterocycles. The molecule has 3 rings (SSSR count). The minimum Gasteiger partial charge on any atom is -0.343 e. The summed E-state index contributed by atoms with van der Waals surface area (Å²) >= 11 is 0. The normalized spacial score (nSPS) is 13.4. The molecule has 1 aromatic heterocycles. The van der Waals surface area contributed by atoms with Crippen LogP contribution in [0.2, 0.25) is 0 Å². The maximum atomic E-state index is 9.10. The Labute approximate surface area is 94.8 Å². The average molecular weight is 208 g/mol. The molecule has 2 aromatic rings. The van der Waals surface area contributed by atoms with E-state index in [1.54, 1.807) is 0 Å². The second kappa shape index (κ2) is 3.53. The van der Waals surface area contributed by atoms with Gasteiger partial charge < -0.3 is 4.57 Å². The standard InChI is InChI=1S/C14H12N2/c15-10-12-9-14(11-5-2-1-3-6-11)16-8-4-7-13(12)16/h1-3,5-6,9H,4,7-8H2. The second-order valence-electron chi connectivity index (χ2n) is 4.12. The highest BCUT2D eigenvalue weighted by atomic mass is 15.0. The third kappa shape index (κ3) is 1.25. The van der Waals surface area contributed by atoms with Crippen molar-refractivity contribution in [3.05, 3.63) is 47.7 Å². The van der Waals surface area contributed by atoms with Gasteiger partial charge in [-0.15, -0.1) is 0 Å². The first-order valence-corrected chi connectivity index (χ1v) is 5.58. The summed E-state index contributed by atoms with van der Waals surface area (Å²) in [6, 6.07) is 14.6. The van der Waals surface area contributed by atoms with Crippen LogP contribution < -0.4 is 0 Å². The first-order chi connectivity index (χ1) is 7.90. The lowest BCUT2D eigenvalue weighted by atomic mass is 10.1. The van der Waals surface area contributed by atoms with Crippen molar-refractivity contribution in [2.45, 2.75) is 19.4 Å². The molecule has 2 heteroatoms. The molecule has 0 fully saturated rings. The lowest BCUT2D eigenvalue weighted by Gasteiger charge is -2.05. The van der Waals surface area contributed by atoms with Crippen LogP contribution in [0, 0.1) is 11.3 Å². The highest BCUT2D eigenvalue weighted by Gasteiger charge is 2.19. The Morgan fingerprint density at radius 2 is 2.00 bits per heavy atom. The fourth-order valence-electron chi connectivity index (χ4n) is 2.46. The fourth-order valence-corrected chi connectivity index (χ4v) is 2.46. The van der Waals surface area contributed by atoms with Crippen LogP contribution in [0.1, 0.15) is 17.7 Å². The Kier molecular flexibility index (Phi) is 2.04. The van der Waals surface area contributed by atoms with Gasteiger partial charge in [0.15, 0.2) is 0 Å². The van der Waals surface area contributed by atoms with Gasteiger partial charge in [0, 0.05) is 17.9 Å². The molecule has 1 aromatic carbocycles. The molecule has 1 aliphatic heterocycles. The molecule has 2 nitrogen and oxygen atoms in total. The van der Waals surface area contributed by atoms with E-state index in [-0.39, 0.29) is 0 Å². The van der Waals surface area contributed by atoms with Crippen molar-refractivity contribution < 1.29 is 0 Å².